The van der Waals surface area contributed by atoms with Crippen LogP contribution in [0.2, 0.25) is 0 Å². The smallest absolute Gasteiger partial charge is 0.409 e. The van der Waals surface area contributed by atoms with Crippen molar-refractivity contribution >= 4 is 6.09 Å². The standard InChI is InChI=1S/C7H13NO2.CH4/c1-3-4-6-5-8(2)7(9)10-6;/h6H,3-5H2,1-2H3;1H4/t6-;/m0./s1. The van der Waals surface area contributed by atoms with E-state index in [1.54, 1.807) is 11.9 Å². The van der Waals surface area contributed by atoms with Gasteiger partial charge in [-0.15, -0.1) is 0 Å². The Labute approximate surface area is 68.3 Å². The maximum atomic E-state index is 10.8. The normalized spacial score (nSPS) is 22.9. The van der Waals surface area contributed by atoms with Crippen LogP contribution in [0.1, 0.15) is 27.2 Å². The highest BCUT2D eigenvalue weighted by Gasteiger charge is 2.26. The fourth-order valence-corrected chi connectivity index (χ4v) is 1.12. The number of ether oxygens (including phenoxy) is 1. The molecule has 1 fully saturated rings. The lowest BCUT2D eigenvalue weighted by molar-refractivity contribution is 0.130. The predicted molar refractivity (Wildman–Crippen MR) is 44.5 cm³/mol. The van der Waals surface area contributed by atoms with Gasteiger partial charge in [0.05, 0.1) is 6.54 Å². The molecule has 0 bridgehead atoms. The fraction of sp³-hybridized carbons (Fsp3) is 0.875. The molecule has 0 N–H and O–H groups in total. The van der Waals surface area contributed by atoms with Crippen LogP contribution in [0.15, 0.2) is 0 Å². The maximum Gasteiger partial charge on any atom is 0.409 e. The van der Waals surface area contributed by atoms with Crippen molar-refractivity contribution in [1.29, 1.82) is 0 Å². The molecule has 0 aromatic heterocycles. The first kappa shape index (κ1) is 10.3. The Morgan fingerprint density at radius 3 is 2.73 bits per heavy atom. The second-order valence-corrected chi connectivity index (χ2v) is 2.67. The van der Waals surface area contributed by atoms with Crippen LogP contribution in [0, 0.1) is 0 Å². The molecule has 0 radical (unpaired) electrons. The van der Waals surface area contributed by atoms with Gasteiger partial charge in [-0.2, -0.15) is 0 Å². The van der Waals surface area contributed by atoms with Crippen molar-refractivity contribution in [3.63, 3.8) is 0 Å². The summed E-state index contributed by atoms with van der Waals surface area (Å²) in [5.41, 5.74) is 0. The van der Waals surface area contributed by atoms with Gasteiger partial charge < -0.3 is 9.64 Å². The van der Waals surface area contributed by atoms with Crippen LogP contribution in [0.5, 0.6) is 0 Å². The van der Waals surface area contributed by atoms with E-state index < -0.39 is 0 Å². The third-order valence-corrected chi connectivity index (χ3v) is 1.67. The Hall–Kier alpha value is -0.730. The molecule has 1 aliphatic rings. The van der Waals surface area contributed by atoms with Gasteiger partial charge in [-0.05, 0) is 6.42 Å². The summed E-state index contributed by atoms with van der Waals surface area (Å²) in [7, 11) is 1.76. The summed E-state index contributed by atoms with van der Waals surface area (Å²) >= 11 is 0. The third-order valence-electron chi connectivity index (χ3n) is 1.67. The highest BCUT2D eigenvalue weighted by Crippen LogP contribution is 2.12. The number of carbonyl (C=O) groups is 1. The molecule has 0 aromatic rings. The highest BCUT2D eigenvalue weighted by atomic mass is 16.6. The van der Waals surface area contributed by atoms with Crippen LogP contribution < -0.4 is 0 Å². The van der Waals surface area contributed by atoms with Gasteiger partial charge in [0, 0.05) is 7.05 Å². The summed E-state index contributed by atoms with van der Waals surface area (Å²) in [6.45, 7) is 2.85. The van der Waals surface area contributed by atoms with Gasteiger partial charge in [-0.1, -0.05) is 20.8 Å². The van der Waals surface area contributed by atoms with Crippen LogP contribution in [0.4, 0.5) is 4.79 Å². The molecule has 1 aliphatic heterocycles. The van der Waals surface area contributed by atoms with Gasteiger partial charge in [-0.25, -0.2) is 4.79 Å². The molecule has 11 heavy (non-hydrogen) atoms. The van der Waals surface area contributed by atoms with Crippen molar-refractivity contribution in [3.8, 4) is 0 Å². The zero-order valence-electron chi connectivity index (χ0n) is 6.46. The number of hydrogen-bond acceptors (Lipinski definition) is 2. The molecule has 3 heteroatoms. The van der Waals surface area contributed by atoms with Gasteiger partial charge in [0.25, 0.3) is 0 Å². The van der Waals surface area contributed by atoms with E-state index in [9.17, 15) is 4.79 Å². The minimum Gasteiger partial charge on any atom is -0.444 e. The Morgan fingerprint density at radius 2 is 2.36 bits per heavy atom. The predicted octanol–water partition coefficient (Wildman–Crippen LogP) is 1.87. The molecule has 0 spiro atoms. The first-order chi connectivity index (χ1) is 4.74. The zero-order chi connectivity index (χ0) is 7.56. The molecule has 1 atom stereocenters. The van der Waals surface area contributed by atoms with E-state index in [-0.39, 0.29) is 19.6 Å². The topological polar surface area (TPSA) is 29.5 Å². The van der Waals surface area contributed by atoms with E-state index >= 15 is 0 Å². The molecule has 0 saturated carbocycles. The van der Waals surface area contributed by atoms with Crippen molar-refractivity contribution in [2.24, 2.45) is 0 Å². The summed E-state index contributed by atoms with van der Waals surface area (Å²) in [5, 5.41) is 0. The number of hydrogen-bond donors (Lipinski definition) is 0. The lowest BCUT2D eigenvalue weighted by Crippen LogP contribution is -2.19. The Kier molecular flexibility index (Phi) is 3.93. The van der Waals surface area contributed by atoms with Crippen LogP contribution in [0.25, 0.3) is 0 Å². The van der Waals surface area contributed by atoms with Gasteiger partial charge in [0.15, 0.2) is 0 Å². The maximum absolute atomic E-state index is 10.8. The molecule has 1 amide bonds. The minimum atomic E-state index is -0.182. The van der Waals surface area contributed by atoms with E-state index in [1.165, 1.54) is 0 Å². The lowest BCUT2D eigenvalue weighted by atomic mass is 10.2. The van der Waals surface area contributed by atoms with Crippen LogP contribution in [0.3, 0.4) is 0 Å². The zero-order valence-corrected chi connectivity index (χ0v) is 6.46. The van der Waals surface area contributed by atoms with E-state index in [0.29, 0.717) is 0 Å². The molecule has 3 nitrogen and oxygen atoms in total. The summed E-state index contributed by atoms with van der Waals surface area (Å²) in [5.74, 6) is 0. The van der Waals surface area contributed by atoms with E-state index in [1.807, 2.05) is 0 Å². The molecular weight excluding hydrogens is 142 g/mol. The largest absolute Gasteiger partial charge is 0.444 e. The molecule has 0 aliphatic carbocycles. The number of cyclic esters (lactones) is 1. The molecule has 1 saturated heterocycles. The number of nitrogens with zero attached hydrogens (tertiary/aromatic N) is 1. The Morgan fingerprint density at radius 1 is 1.73 bits per heavy atom. The van der Waals surface area contributed by atoms with Crippen molar-refractivity contribution < 1.29 is 9.53 Å². The number of rotatable bonds is 2. The summed E-state index contributed by atoms with van der Waals surface area (Å²) in [4.78, 5) is 12.4. The number of carbonyl (C=O) groups excluding carboxylic acids is 1. The third kappa shape index (κ3) is 2.41. The summed E-state index contributed by atoms with van der Waals surface area (Å²) in [6.07, 6.45) is 2.02. The van der Waals surface area contributed by atoms with E-state index in [4.69, 9.17) is 4.74 Å². The second kappa shape index (κ2) is 4.21. The number of likely N-dealkylation sites (N-methyl/N-ethyl adjacent to an activating group) is 1. The van der Waals surface area contributed by atoms with Gasteiger partial charge >= 0.3 is 6.09 Å². The van der Waals surface area contributed by atoms with Gasteiger partial charge in [0.1, 0.15) is 6.10 Å². The first-order valence-corrected chi connectivity index (χ1v) is 3.65. The SMILES string of the molecule is C.CCC[C@H]1CN(C)C(=O)O1. The molecule has 0 unspecified atom stereocenters. The van der Waals surface area contributed by atoms with E-state index in [2.05, 4.69) is 6.92 Å². The molecule has 66 valence electrons. The van der Waals surface area contributed by atoms with Crippen LogP contribution in [-0.2, 0) is 4.74 Å². The van der Waals surface area contributed by atoms with Crippen LogP contribution in [-0.4, -0.2) is 30.7 Å². The quantitative estimate of drug-likeness (QED) is 0.615. The first-order valence-electron chi connectivity index (χ1n) is 3.65. The average Bonchev–Trinajstić information content (AvgIpc) is 2.14. The summed E-state index contributed by atoms with van der Waals surface area (Å²) in [6, 6.07) is 0. The van der Waals surface area contributed by atoms with Crippen molar-refractivity contribution in [1.82, 2.24) is 4.90 Å². The van der Waals surface area contributed by atoms with Gasteiger partial charge in [0.2, 0.25) is 0 Å². The molecule has 0 aromatic carbocycles. The molecule has 1 heterocycles. The molecule has 1 rings (SSSR count). The number of amides is 1. The summed E-state index contributed by atoms with van der Waals surface area (Å²) < 4.78 is 5.00. The van der Waals surface area contributed by atoms with Crippen molar-refractivity contribution in [3.05, 3.63) is 0 Å². The fourth-order valence-electron chi connectivity index (χ4n) is 1.12. The second-order valence-electron chi connectivity index (χ2n) is 2.67. The Bertz CT molecular complexity index is 136. The molecular formula is C8H17NO2. The average molecular weight is 159 g/mol. The minimum absolute atomic E-state index is 0. The Balaban J connectivity index is 0.000001000. The van der Waals surface area contributed by atoms with Crippen molar-refractivity contribution in [2.75, 3.05) is 13.6 Å². The monoisotopic (exact) mass is 159 g/mol. The van der Waals surface area contributed by atoms with E-state index in [0.717, 1.165) is 19.4 Å². The lowest BCUT2D eigenvalue weighted by Gasteiger charge is -2.03. The van der Waals surface area contributed by atoms with Gasteiger partial charge in [-0.3, -0.25) is 0 Å². The van der Waals surface area contributed by atoms with Crippen LogP contribution >= 0.6 is 0 Å². The van der Waals surface area contributed by atoms with Crippen molar-refractivity contribution in [2.45, 2.75) is 33.3 Å². The highest BCUT2D eigenvalue weighted by molar-refractivity contribution is 5.69.